The van der Waals surface area contributed by atoms with Crippen LogP contribution in [0, 0.1) is 17.7 Å². The summed E-state index contributed by atoms with van der Waals surface area (Å²) in [4.78, 5) is 10.6. The Hall–Kier alpha value is -0.980. The maximum atomic E-state index is 13.0. The van der Waals surface area contributed by atoms with Crippen LogP contribution in [-0.2, 0) is 4.79 Å². The zero-order valence-corrected chi connectivity index (χ0v) is 9.58. The molecule has 15 heavy (non-hydrogen) atoms. The van der Waals surface area contributed by atoms with E-state index in [0.717, 1.165) is 11.8 Å². The lowest BCUT2D eigenvalue weighted by molar-refractivity contribution is -0.109. The zero-order chi connectivity index (χ0) is 11.3. The van der Waals surface area contributed by atoms with Crippen molar-refractivity contribution >= 4 is 28.5 Å². The zero-order valence-electron chi connectivity index (χ0n) is 8.01. The van der Waals surface area contributed by atoms with Gasteiger partial charge >= 0.3 is 0 Å². The third kappa shape index (κ3) is 4.37. The number of thioether (sulfide) groups is 1. The lowest BCUT2D eigenvalue weighted by Crippen LogP contribution is -1.83. The molecule has 1 nitrogen and oxygen atoms in total. The Kier molecular flexibility index (Phi) is 4.67. The van der Waals surface area contributed by atoms with Crippen molar-refractivity contribution < 1.29 is 9.18 Å². The van der Waals surface area contributed by atoms with E-state index in [-0.39, 0.29) is 10.1 Å². The van der Waals surface area contributed by atoms with Gasteiger partial charge in [-0.05, 0) is 18.2 Å². The monoisotopic (exact) mass is 242 g/mol. The molecule has 0 aliphatic rings. The first-order valence-corrected chi connectivity index (χ1v) is 5.53. The van der Waals surface area contributed by atoms with E-state index in [1.165, 1.54) is 19.1 Å². The summed E-state index contributed by atoms with van der Waals surface area (Å²) in [6, 6.07) is 4.36. The lowest BCUT2D eigenvalue weighted by Gasteiger charge is -1.93. The average molecular weight is 243 g/mol. The van der Waals surface area contributed by atoms with Crippen molar-refractivity contribution in [3.05, 3.63) is 34.6 Å². The molecule has 0 aromatic heterocycles. The van der Waals surface area contributed by atoms with Crippen molar-refractivity contribution in [3.63, 3.8) is 0 Å². The van der Waals surface area contributed by atoms with E-state index in [1.807, 2.05) is 0 Å². The van der Waals surface area contributed by atoms with Crippen LogP contribution >= 0.6 is 23.4 Å². The Morgan fingerprint density at radius 3 is 2.93 bits per heavy atom. The van der Waals surface area contributed by atoms with E-state index in [9.17, 15) is 9.18 Å². The third-order valence-electron chi connectivity index (χ3n) is 1.50. The smallest absolute Gasteiger partial charge is 0.186 e. The minimum absolute atomic E-state index is 0.0200. The van der Waals surface area contributed by atoms with Crippen LogP contribution in [0.5, 0.6) is 0 Å². The van der Waals surface area contributed by atoms with Crippen LogP contribution < -0.4 is 0 Å². The molecule has 4 heteroatoms. The minimum Gasteiger partial charge on any atom is -0.288 e. The normalized spacial score (nSPS) is 9.27. The molecule has 0 bridgehead atoms. The van der Waals surface area contributed by atoms with Gasteiger partial charge in [-0.1, -0.05) is 35.2 Å². The van der Waals surface area contributed by atoms with Gasteiger partial charge in [-0.25, -0.2) is 4.39 Å². The van der Waals surface area contributed by atoms with Crippen molar-refractivity contribution in [2.75, 3.05) is 5.75 Å². The standard InChI is InChI=1S/C11H8ClFOS/c1-8(14)15-6-2-3-9-4-5-10(12)11(13)7-9/h4-5,7H,6H2,1H3. The quantitative estimate of drug-likeness (QED) is 0.704. The lowest BCUT2D eigenvalue weighted by atomic mass is 10.2. The number of hydrogen-bond acceptors (Lipinski definition) is 2. The maximum Gasteiger partial charge on any atom is 0.186 e. The summed E-state index contributed by atoms with van der Waals surface area (Å²) in [5, 5.41) is 0.102. The molecule has 0 aliphatic carbocycles. The Balaban J connectivity index is 2.64. The molecule has 0 heterocycles. The molecule has 0 unspecified atom stereocenters. The number of benzene rings is 1. The molecule has 0 spiro atoms. The highest BCUT2D eigenvalue weighted by Crippen LogP contribution is 2.14. The number of carbonyl (C=O) groups is 1. The largest absolute Gasteiger partial charge is 0.288 e. The summed E-state index contributed by atoms with van der Waals surface area (Å²) in [6.07, 6.45) is 0. The van der Waals surface area contributed by atoms with Crippen molar-refractivity contribution in [2.45, 2.75) is 6.92 Å². The molecule has 0 amide bonds. The third-order valence-corrected chi connectivity index (χ3v) is 2.50. The topological polar surface area (TPSA) is 17.1 Å². The molecule has 0 saturated carbocycles. The Labute approximate surface area is 97.0 Å². The van der Waals surface area contributed by atoms with Crippen molar-refractivity contribution in [3.8, 4) is 11.8 Å². The summed E-state index contributed by atoms with van der Waals surface area (Å²) in [5.74, 6) is 5.44. The van der Waals surface area contributed by atoms with Crippen LogP contribution in [0.15, 0.2) is 18.2 Å². The minimum atomic E-state index is -0.484. The van der Waals surface area contributed by atoms with Gasteiger partial charge in [0.15, 0.2) is 5.12 Å². The SMILES string of the molecule is CC(=O)SCC#Cc1ccc(Cl)c(F)c1. The molecular formula is C11H8ClFOS. The molecule has 0 aliphatic heterocycles. The van der Waals surface area contributed by atoms with Crippen LogP contribution in [0.25, 0.3) is 0 Å². The van der Waals surface area contributed by atoms with Crippen LogP contribution in [0.4, 0.5) is 4.39 Å². The van der Waals surface area contributed by atoms with Gasteiger partial charge in [0.1, 0.15) is 5.82 Å². The molecule has 0 N–H and O–H groups in total. The van der Waals surface area contributed by atoms with Gasteiger partial charge in [0.2, 0.25) is 0 Å². The van der Waals surface area contributed by atoms with Gasteiger partial charge in [0, 0.05) is 12.5 Å². The maximum absolute atomic E-state index is 13.0. The molecule has 0 fully saturated rings. The van der Waals surface area contributed by atoms with Gasteiger partial charge < -0.3 is 0 Å². The molecule has 1 rings (SSSR count). The fraction of sp³-hybridized carbons (Fsp3) is 0.182. The summed E-state index contributed by atoms with van der Waals surface area (Å²) in [7, 11) is 0. The fourth-order valence-corrected chi connectivity index (χ4v) is 1.31. The van der Waals surface area contributed by atoms with Gasteiger partial charge in [-0.15, -0.1) is 0 Å². The molecule has 1 aromatic rings. The highest BCUT2D eigenvalue weighted by atomic mass is 35.5. The molecule has 0 radical (unpaired) electrons. The predicted molar refractivity (Wildman–Crippen MR) is 61.4 cm³/mol. The second kappa shape index (κ2) is 5.79. The Morgan fingerprint density at radius 2 is 2.33 bits per heavy atom. The Morgan fingerprint density at radius 1 is 1.60 bits per heavy atom. The average Bonchev–Trinajstić information content (AvgIpc) is 2.18. The van der Waals surface area contributed by atoms with Crippen molar-refractivity contribution in [1.82, 2.24) is 0 Å². The number of halogens is 2. The first-order valence-electron chi connectivity index (χ1n) is 4.17. The molecule has 78 valence electrons. The van der Waals surface area contributed by atoms with Gasteiger partial charge in [0.25, 0.3) is 0 Å². The van der Waals surface area contributed by atoms with E-state index in [1.54, 1.807) is 6.07 Å². The summed E-state index contributed by atoms with van der Waals surface area (Å²) < 4.78 is 13.0. The summed E-state index contributed by atoms with van der Waals surface area (Å²) in [6.45, 7) is 1.48. The summed E-state index contributed by atoms with van der Waals surface area (Å²) >= 11 is 6.64. The van der Waals surface area contributed by atoms with E-state index >= 15 is 0 Å². The first kappa shape index (κ1) is 12.1. The van der Waals surface area contributed by atoms with Crippen molar-refractivity contribution in [2.24, 2.45) is 0 Å². The second-order valence-electron chi connectivity index (χ2n) is 2.71. The summed E-state index contributed by atoms with van der Waals surface area (Å²) in [5.41, 5.74) is 0.557. The molecule has 0 saturated heterocycles. The number of hydrogen-bond donors (Lipinski definition) is 0. The first-order chi connectivity index (χ1) is 7.09. The van der Waals surface area contributed by atoms with E-state index in [0.29, 0.717) is 11.3 Å². The second-order valence-corrected chi connectivity index (χ2v) is 4.27. The predicted octanol–water partition coefficient (Wildman–Crippen LogP) is 3.11. The van der Waals surface area contributed by atoms with Gasteiger partial charge in [-0.3, -0.25) is 4.79 Å². The fourth-order valence-electron chi connectivity index (χ4n) is 0.850. The highest BCUT2D eigenvalue weighted by Gasteiger charge is 1.98. The molecular weight excluding hydrogens is 235 g/mol. The number of rotatable bonds is 1. The van der Waals surface area contributed by atoms with Gasteiger partial charge in [0.05, 0.1) is 10.8 Å². The Bertz CT molecular complexity index is 434. The number of carbonyl (C=O) groups excluding carboxylic acids is 1. The molecule has 1 aromatic carbocycles. The van der Waals surface area contributed by atoms with E-state index < -0.39 is 5.82 Å². The highest BCUT2D eigenvalue weighted by molar-refractivity contribution is 8.13. The van der Waals surface area contributed by atoms with Crippen LogP contribution in [0.3, 0.4) is 0 Å². The van der Waals surface area contributed by atoms with Crippen LogP contribution in [0.1, 0.15) is 12.5 Å². The molecule has 0 atom stereocenters. The van der Waals surface area contributed by atoms with Crippen LogP contribution in [-0.4, -0.2) is 10.9 Å². The van der Waals surface area contributed by atoms with E-state index in [4.69, 9.17) is 11.6 Å². The van der Waals surface area contributed by atoms with E-state index in [2.05, 4.69) is 11.8 Å². The van der Waals surface area contributed by atoms with Crippen LogP contribution in [0.2, 0.25) is 5.02 Å². The van der Waals surface area contributed by atoms with Gasteiger partial charge in [-0.2, -0.15) is 0 Å². The van der Waals surface area contributed by atoms with Crippen molar-refractivity contribution in [1.29, 1.82) is 0 Å².